The first-order valence-electron chi connectivity index (χ1n) is 8.21. The summed E-state index contributed by atoms with van der Waals surface area (Å²) in [5, 5.41) is 0. The fourth-order valence-electron chi connectivity index (χ4n) is 2.89. The second-order valence-corrected chi connectivity index (χ2v) is 6.35. The highest BCUT2D eigenvalue weighted by Gasteiger charge is 2.21. The van der Waals surface area contributed by atoms with Crippen molar-refractivity contribution in [3.8, 4) is 11.5 Å². The molecule has 0 saturated heterocycles. The van der Waals surface area contributed by atoms with Crippen LogP contribution in [0.3, 0.4) is 0 Å². The summed E-state index contributed by atoms with van der Waals surface area (Å²) in [4.78, 5) is 0. The van der Waals surface area contributed by atoms with Crippen LogP contribution in [-0.4, -0.2) is 19.3 Å². The average molecular weight is 291 g/mol. The van der Waals surface area contributed by atoms with E-state index >= 15 is 0 Å². The van der Waals surface area contributed by atoms with E-state index in [-0.39, 0.29) is 6.04 Å². The van der Waals surface area contributed by atoms with Crippen LogP contribution in [0.5, 0.6) is 11.5 Å². The summed E-state index contributed by atoms with van der Waals surface area (Å²) in [6, 6.07) is 6.28. The standard InChI is InChI=1S/C18H29NO2/c1-4-15(19)11-14-7-10-17(20-3)12-18(14)21-16-8-5-13(2)6-9-16/h7,10,12-13,15-16H,4-6,8-9,11,19H2,1-3H3. The third kappa shape index (κ3) is 4.63. The molecule has 0 aliphatic heterocycles. The lowest BCUT2D eigenvalue weighted by Crippen LogP contribution is -2.25. The van der Waals surface area contributed by atoms with Crippen molar-refractivity contribution in [3.05, 3.63) is 23.8 Å². The van der Waals surface area contributed by atoms with E-state index in [0.29, 0.717) is 6.10 Å². The Labute approximate surface area is 128 Å². The molecule has 2 rings (SSSR count). The van der Waals surface area contributed by atoms with Crippen LogP contribution in [0.4, 0.5) is 0 Å². The van der Waals surface area contributed by atoms with E-state index in [1.165, 1.54) is 18.4 Å². The summed E-state index contributed by atoms with van der Waals surface area (Å²) >= 11 is 0. The zero-order chi connectivity index (χ0) is 15.2. The van der Waals surface area contributed by atoms with E-state index in [9.17, 15) is 0 Å². The summed E-state index contributed by atoms with van der Waals surface area (Å²) in [7, 11) is 1.69. The van der Waals surface area contributed by atoms with Gasteiger partial charge in [0.25, 0.3) is 0 Å². The second-order valence-electron chi connectivity index (χ2n) is 6.35. The Morgan fingerprint density at radius 1 is 1.24 bits per heavy atom. The molecule has 0 bridgehead atoms. The van der Waals surface area contributed by atoms with Crippen LogP contribution >= 0.6 is 0 Å². The zero-order valence-corrected chi connectivity index (χ0v) is 13.6. The van der Waals surface area contributed by atoms with Crippen LogP contribution in [0.15, 0.2) is 18.2 Å². The van der Waals surface area contributed by atoms with Gasteiger partial charge in [-0.1, -0.05) is 19.9 Å². The molecule has 1 aromatic rings. The molecule has 1 aliphatic rings. The molecule has 0 spiro atoms. The monoisotopic (exact) mass is 291 g/mol. The predicted molar refractivity (Wildman–Crippen MR) is 87.0 cm³/mol. The van der Waals surface area contributed by atoms with Gasteiger partial charge in [-0.05, 0) is 56.1 Å². The van der Waals surface area contributed by atoms with Crippen molar-refractivity contribution in [3.63, 3.8) is 0 Å². The van der Waals surface area contributed by atoms with E-state index in [1.807, 2.05) is 12.1 Å². The Hall–Kier alpha value is -1.22. The van der Waals surface area contributed by atoms with E-state index in [0.717, 1.165) is 43.1 Å². The highest BCUT2D eigenvalue weighted by Crippen LogP contribution is 2.31. The first kappa shape index (κ1) is 16.2. The lowest BCUT2D eigenvalue weighted by Gasteiger charge is -2.28. The van der Waals surface area contributed by atoms with Crippen LogP contribution in [0, 0.1) is 5.92 Å². The van der Waals surface area contributed by atoms with E-state index in [4.69, 9.17) is 15.2 Å². The fraction of sp³-hybridized carbons (Fsp3) is 0.667. The number of ether oxygens (including phenoxy) is 2. The SMILES string of the molecule is CCC(N)Cc1ccc(OC)cc1OC1CCC(C)CC1. The summed E-state index contributed by atoms with van der Waals surface area (Å²) in [6.07, 6.45) is 7.00. The lowest BCUT2D eigenvalue weighted by atomic mass is 9.89. The quantitative estimate of drug-likeness (QED) is 0.863. The summed E-state index contributed by atoms with van der Waals surface area (Å²) in [5.74, 6) is 2.64. The molecule has 1 aliphatic carbocycles. The van der Waals surface area contributed by atoms with Crippen LogP contribution in [0.25, 0.3) is 0 Å². The predicted octanol–water partition coefficient (Wildman–Crippen LogP) is 3.93. The van der Waals surface area contributed by atoms with E-state index in [1.54, 1.807) is 7.11 Å². The van der Waals surface area contributed by atoms with Crippen LogP contribution < -0.4 is 15.2 Å². The number of methoxy groups -OCH3 is 1. The van der Waals surface area contributed by atoms with Gasteiger partial charge < -0.3 is 15.2 Å². The minimum atomic E-state index is 0.187. The van der Waals surface area contributed by atoms with Crippen LogP contribution in [-0.2, 0) is 6.42 Å². The molecule has 3 nitrogen and oxygen atoms in total. The molecule has 1 aromatic carbocycles. The van der Waals surface area contributed by atoms with Crippen molar-refractivity contribution in [1.29, 1.82) is 0 Å². The first-order chi connectivity index (χ1) is 10.1. The van der Waals surface area contributed by atoms with Crippen LogP contribution in [0.2, 0.25) is 0 Å². The average Bonchev–Trinajstić information content (AvgIpc) is 2.51. The Morgan fingerprint density at radius 2 is 1.95 bits per heavy atom. The van der Waals surface area contributed by atoms with Crippen molar-refractivity contribution in [1.82, 2.24) is 0 Å². The molecule has 1 unspecified atom stereocenters. The maximum absolute atomic E-state index is 6.29. The highest BCUT2D eigenvalue weighted by atomic mass is 16.5. The molecule has 118 valence electrons. The Morgan fingerprint density at radius 3 is 2.57 bits per heavy atom. The molecule has 1 atom stereocenters. The van der Waals surface area contributed by atoms with Gasteiger partial charge in [0.15, 0.2) is 0 Å². The molecule has 1 fully saturated rings. The first-order valence-corrected chi connectivity index (χ1v) is 8.21. The largest absolute Gasteiger partial charge is 0.497 e. The second kappa shape index (κ2) is 7.69. The summed E-state index contributed by atoms with van der Waals surface area (Å²) < 4.78 is 11.6. The van der Waals surface area contributed by atoms with E-state index in [2.05, 4.69) is 19.9 Å². The number of benzene rings is 1. The van der Waals surface area contributed by atoms with Gasteiger partial charge in [0, 0.05) is 12.1 Å². The lowest BCUT2D eigenvalue weighted by molar-refractivity contribution is 0.134. The normalized spacial score (nSPS) is 23.6. The number of hydrogen-bond acceptors (Lipinski definition) is 3. The van der Waals surface area contributed by atoms with Crippen molar-refractivity contribution >= 4 is 0 Å². The number of rotatable bonds is 6. The van der Waals surface area contributed by atoms with Crippen molar-refractivity contribution < 1.29 is 9.47 Å². The molecule has 0 radical (unpaired) electrons. The molecule has 0 aromatic heterocycles. The molecule has 2 N–H and O–H groups in total. The van der Waals surface area contributed by atoms with Gasteiger partial charge in [0.1, 0.15) is 11.5 Å². The number of nitrogens with two attached hydrogens (primary N) is 1. The number of hydrogen-bond donors (Lipinski definition) is 1. The topological polar surface area (TPSA) is 44.5 Å². The maximum Gasteiger partial charge on any atom is 0.126 e. The summed E-state index contributed by atoms with van der Waals surface area (Å²) in [6.45, 7) is 4.45. The van der Waals surface area contributed by atoms with Gasteiger partial charge in [-0.15, -0.1) is 0 Å². The molecule has 21 heavy (non-hydrogen) atoms. The molecule has 1 saturated carbocycles. The molecular formula is C18H29NO2. The molecule has 3 heteroatoms. The third-order valence-electron chi connectivity index (χ3n) is 4.54. The van der Waals surface area contributed by atoms with Gasteiger partial charge in [-0.3, -0.25) is 0 Å². The Balaban J connectivity index is 2.10. The van der Waals surface area contributed by atoms with Gasteiger partial charge in [-0.2, -0.15) is 0 Å². The Bertz CT molecular complexity index is 439. The third-order valence-corrected chi connectivity index (χ3v) is 4.54. The van der Waals surface area contributed by atoms with Crippen molar-refractivity contribution in [2.75, 3.05) is 7.11 Å². The Kier molecular flexibility index (Phi) is 5.92. The zero-order valence-electron chi connectivity index (χ0n) is 13.6. The smallest absolute Gasteiger partial charge is 0.126 e. The fourth-order valence-corrected chi connectivity index (χ4v) is 2.89. The molecular weight excluding hydrogens is 262 g/mol. The summed E-state index contributed by atoms with van der Waals surface area (Å²) in [5.41, 5.74) is 7.31. The van der Waals surface area contributed by atoms with Gasteiger partial charge in [-0.25, -0.2) is 0 Å². The van der Waals surface area contributed by atoms with E-state index < -0.39 is 0 Å². The minimum Gasteiger partial charge on any atom is -0.497 e. The van der Waals surface area contributed by atoms with Crippen LogP contribution in [0.1, 0.15) is 51.5 Å². The highest BCUT2D eigenvalue weighted by molar-refractivity contribution is 5.41. The van der Waals surface area contributed by atoms with Crippen molar-refractivity contribution in [2.24, 2.45) is 11.7 Å². The molecule has 0 amide bonds. The molecule has 0 heterocycles. The van der Waals surface area contributed by atoms with Crippen molar-refractivity contribution in [2.45, 2.75) is 64.5 Å². The maximum atomic E-state index is 6.29. The van der Waals surface area contributed by atoms with Gasteiger partial charge in [0.2, 0.25) is 0 Å². The van der Waals surface area contributed by atoms with Gasteiger partial charge >= 0.3 is 0 Å². The minimum absolute atomic E-state index is 0.187. The van der Waals surface area contributed by atoms with Gasteiger partial charge in [0.05, 0.1) is 13.2 Å².